The van der Waals surface area contributed by atoms with Gasteiger partial charge in [0, 0.05) is 5.56 Å². The van der Waals surface area contributed by atoms with E-state index in [2.05, 4.69) is 15.3 Å². The SMILES string of the molecule is Cc1c(Cl)ncnc1NCC(C)(C)Oc1ccccc1Cl. The van der Waals surface area contributed by atoms with E-state index in [1.165, 1.54) is 6.33 Å². The highest BCUT2D eigenvalue weighted by Crippen LogP contribution is 2.27. The highest BCUT2D eigenvalue weighted by molar-refractivity contribution is 6.32. The molecule has 0 unspecified atom stereocenters. The van der Waals surface area contributed by atoms with E-state index in [9.17, 15) is 0 Å². The van der Waals surface area contributed by atoms with Gasteiger partial charge in [-0.3, -0.25) is 0 Å². The highest BCUT2D eigenvalue weighted by Gasteiger charge is 2.21. The smallest absolute Gasteiger partial charge is 0.138 e. The zero-order chi connectivity index (χ0) is 15.5. The maximum absolute atomic E-state index is 6.11. The standard InChI is InChI=1S/C15H17Cl2N3O/c1-10-13(17)19-9-20-14(10)18-8-15(2,3)21-12-7-5-4-6-11(12)16/h4-7,9H,8H2,1-3H3,(H,18,19,20). The first-order chi connectivity index (χ1) is 9.89. The molecule has 112 valence electrons. The fourth-order valence-electron chi connectivity index (χ4n) is 1.76. The molecule has 1 N–H and O–H groups in total. The number of hydrogen-bond donors (Lipinski definition) is 1. The molecular weight excluding hydrogens is 309 g/mol. The van der Waals surface area contributed by atoms with Crippen LogP contribution in [0.2, 0.25) is 10.2 Å². The molecule has 0 fully saturated rings. The maximum Gasteiger partial charge on any atom is 0.138 e. The zero-order valence-corrected chi connectivity index (χ0v) is 13.7. The molecule has 0 aliphatic rings. The Labute approximate surface area is 134 Å². The Balaban J connectivity index is 2.04. The Hall–Kier alpha value is -1.52. The summed E-state index contributed by atoms with van der Waals surface area (Å²) in [5.41, 5.74) is 0.349. The number of anilines is 1. The minimum Gasteiger partial charge on any atom is -0.484 e. The molecule has 0 spiro atoms. The number of benzene rings is 1. The fraction of sp³-hybridized carbons (Fsp3) is 0.333. The van der Waals surface area contributed by atoms with Crippen molar-refractivity contribution in [1.82, 2.24) is 9.97 Å². The van der Waals surface area contributed by atoms with Crippen molar-refractivity contribution in [2.75, 3.05) is 11.9 Å². The lowest BCUT2D eigenvalue weighted by Gasteiger charge is -2.27. The predicted octanol–water partition coefficient (Wildman–Crippen LogP) is 4.36. The largest absolute Gasteiger partial charge is 0.484 e. The molecule has 0 saturated carbocycles. The van der Waals surface area contributed by atoms with Gasteiger partial charge < -0.3 is 10.1 Å². The number of nitrogens with zero attached hydrogens (tertiary/aromatic N) is 2. The van der Waals surface area contributed by atoms with E-state index in [0.717, 1.165) is 5.56 Å². The Morgan fingerprint density at radius 2 is 1.90 bits per heavy atom. The molecule has 0 aliphatic carbocycles. The van der Waals surface area contributed by atoms with Gasteiger partial charge in [-0.2, -0.15) is 0 Å². The van der Waals surface area contributed by atoms with Gasteiger partial charge in [0.05, 0.1) is 11.6 Å². The average molecular weight is 326 g/mol. The number of rotatable bonds is 5. The van der Waals surface area contributed by atoms with Crippen LogP contribution >= 0.6 is 23.2 Å². The lowest BCUT2D eigenvalue weighted by atomic mass is 10.1. The molecule has 0 amide bonds. The van der Waals surface area contributed by atoms with Crippen LogP contribution < -0.4 is 10.1 Å². The third kappa shape index (κ3) is 4.22. The maximum atomic E-state index is 6.11. The first kappa shape index (κ1) is 15.9. The number of aromatic nitrogens is 2. The van der Waals surface area contributed by atoms with Gasteiger partial charge in [0.2, 0.25) is 0 Å². The predicted molar refractivity (Wildman–Crippen MR) is 86.4 cm³/mol. The number of hydrogen-bond acceptors (Lipinski definition) is 4. The van der Waals surface area contributed by atoms with Gasteiger partial charge in [-0.1, -0.05) is 35.3 Å². The molecule has 1 aromatic carbocycles. The summed E-state index contributed by atoms with van der Waals surface area (Å²) in [6.07, 6.45) is 1.43. The van der Waals surface area contributed by atoms with Crippen LogP contribution in [0.3, 0.4) is 0 Å². The van der Waals surface area contributed by atoms with Crippen LogP contribution in [0.15, 0.2) is 30.6 Å². The van der Waals surface area contributed by atoms with Crippen LogP contribution in [-0.4, -0.2) is 22.1 Å². The van der Waals surface area contributed by atoms with Crippen LogP contribution in [0.25, 0.3) is 0 Å². The number of ether oxygens (including phenoxy) is 1. The molecule has 4 nitrogen and oxygen atoms in total. The molecule has 21 heavy (non-hydrogen) atoms. The Bertz CT molecular complexity index is 632. The van der Waals surface area contributed by atoms with Gasteiger partial charge in [0.25, 0.3) is 0 Å². The lowest BCUT2D eigenvalue weighted by Crippen LogP contribution is -2.37. The van der Waals surface area contributed by atoms with Crippen molar-refractivity contribution in [3.8, 4) is 5.75 Å². The Morgan fingerprint density at radius 1 is 1.19 bits per heavy atom. The van der Waals surface area contributed by atoms with E-state index < -0.39 is 5.60 Å². The van der Waals surface area contributed by atoms with Crippen molar-refractivity contribution in [3.63, 3.8) is 0 Å². The summed E-state index contributed by atoms with van der Waals surface area (Å²) in [6.45, 7) is 6.36. The van der Waals surface area contributed by atoms with Gasteiger partial charge in [-0.15, -0.1) is 0 Å². The van der Waals surface area contributed by atoms with Crippen molar-refractivity contribution in [2.45, 2.75) is 26.4 Å². The normalized spacial score (nSPS) is 11.3. The van der Waals surface area contributed by atoms with Crippen molar-refractivity contribution in [3.05, 3.63) is 46.3 Å². The summed E-state index contributed by atoms with van der Waals surface area (Å²) in [5.74, 6) is 1.36. The summed E-state index contributed by atoms with van der Waals surface area (Å²) in [4.78, 5) is 8.11. The van der Waals surface area contributed by atoms with E-state index in [4.69, 9.17) is 27.9 Å². The quantitative estimate of drug-likeness (QED) is 0.829. The lowest BCUT2D eigenvalue weighted by molar-refractivity contribution is 0.123. The summed E-state index contributed by atoms with van der Waals surface area (Å²) in [6, 6.07) is 7.40. The summed E-state index contributed by atoms with van der Waals surface area (Å²) in [7, 11) is 0. The van der Waals surface area contributed by atoms with Gasteiger partial charge in [0.1, 0.15) is 28.6 Å². The topological polar surface area (TPSA) is 47.0 Å². The monoisotopic (exact) mass is 325 g/mol. The molecule has 6 heteroatoms. The van der Waals surface area contributed by atoms with Crippen molar-refractivity contribution in [1.29, 1.82) is 0 Å². The second-order valence-corrected chi connectivity index (χ2v) is 6.05. The first-order valence-corrected chi connectivity index (χ1v) is 7.29. The third-order valence-electron chi connectivity index (χ3n) is 2.93. The summed E-state index contributed by atoms with van der Waals surface area (Å²) in [5, 5.41) is 4.26. The second kappa shape index (κ2) is 6.50. The minimum absolute atomic E-state index is 0.442. The van der Waals surface area contributed by atoms with Crippen molar-refractivity contribution in [2.24, 2.45) is 0 Å². The van der Waals surface area contributed by atoms with E-state index >= 15 is 0 Å². The van der Waals surface area contributed by atoms with E-state index in [0.29, 0.717) is 28.3 Å². The number of halogens is 2. The van der Waals surface area contributed by atoms with E-state index in [1.54, 1.807) is 6.07 Å². The molecule has 2 rings (SSSR count). The molecule has 1 heterocycles. The summed E-state index contributed by atoms with van der Waals surface area (Å²) >= 11 is 12.1. The molecule has 1 aromatic heterocycles. The van der Waals surface area contributed by atoms with Gasteiger partial charge in [-0.05, 0) is 32.9 Å². The van der Waals surface area contributed by atoms with E-state index in [-0.39, 0.29) is 0 Å². The number of nitrogens with one attached hydrogen (secondary N) is 1. The summed E-state index contributed by atoms with van der Waals surface area (Å²) < 4.78 is 5.95. The molecule has 0 atom stereocenters. The number of para-hydroxylation sites is 1. The Kier molecular flexibility index (Phi) is 4.91. The van der Waals surface area contributed by atoms with Crippen LogP contribution in [-0.2, 0) is 0 Å². The minimum atomic E-state index is -0.463. The highest BCUT2D eigenvalue weighted by atomic mass is 35.5. The van der Waals surface area contributed by atoms with Crippen LogP contribution in [0, 0.1) is 6.92 Å². The second-order valence-electron chi connectivity index (χ2n) is 5.28. The Morgan fingerprint density at radius 3 is 2.62 bits per heavy atom. The van der Waals surface area contributed by atoms with Gasteiger partial charge >= 0.3 is 0 Å². The molecular formula is C15H17Cl2N3O. The van der Waals surface area contributed by atoms with Crippen LogP contribution in [0.1, 0.15) is 19.4 Å². The molecule has 2 aromatic rings. The van der Waals surface area contributed by atoms with Crippen molar-refractivity contribution >= 4 is 29.0 Å². The molecule has 0 saturated heterocycles. The molecule has 0 radical (unpaired) electrons. The van der Waals surface area contributed by atoms with Crippen LogP contribution in [0.4, 0.5) is 5.82 Å². The molecule has 0 aliphatic heterocycles. The third-order valence-corrected chi connectivity index (χ3v) is 3.62. The van der Waals surface area contributed by atoms with Gasteiger partial charge in [-0.25, -0.2) is 9.97 Å². The van der Waals surface area contributed by atoms with Gasteiger partial charge in [0.15, 0.2) is 0 Å². The fourth-order valence-corrected chi connectivity index (χ4v) is 2.07. The zero-order valence-electron chi connectivity index (χ0n) is 12.2. The van der Waals surface area contributed by atoms with Crippen molar-refractivity contribution < 1.29 is 4.74 Å². The molecule has 0 bridgehead atoms. The first-order valence-electron chi connectivity index (χ1n) is 6.53. The average Bonchev–Trinajstić information content (AvgIpc) is 2.43. The van der Waals surface area contributed by atoms with E-state index in [1.807, 2.05) is 39.0 Å². The van der Waals surface area contributed by atoms with Crippen LogP contribution in [0.5, 0.6) is 5.75 Å².